The van der Waals surface area contributed by atoms with Crippen molar-refractivity contribution in [1.29, 1.82) is 0 Å². The fraction of sp³-hybridized carbons (Fsp3) is 0.394. The Morgan fingerprint density at radius 2 is 1.80 bits per heavy atom. The molecule has 5 rings (SSSR count). The molecule has 1 amide bonds. The highest BCUT2D eigenvalue weighted by molar-refractivity contribution is 7.92. The number of methoxy groups -OCH3 is 1. The molecule has 1 saturated heterocycles. The number of anilines is 2. The summed E-state index contributed by atoms with van der Waals surface area (Å²) in [6.45, 7) is 12.3. The molecule has 0 spiro atoms. The zero-order chi connectivity index (χ0) is 33.1. The van der Waals surface area contributed by atoms with Crippen molar-refractivity contribution in [3.05, 3.63) is 77.2 Å². The van der Waals surface area contributed by atoms with Crippen LogP contribution in [-0.2, 0) is 26.6 Å². The molecule has 0 unspecified atom stereocenters. The van der Waals surface area contributed by atoms with Gasteiger partial charge in [-0.15, -0.1) is 5.10 Å². The first kappa shape index (κ1) is 33.0. The molecule has 3 heterocycles. The van der Waals surface area contributed by atoms with Gasteiger partial charge in [0.1, 0.15) is 5.69 Å². The summed E-state index contributed by atoms with van der Waals surface area (Å²) in [5.41, 5.74) is 5.56. The molecule has 0 aliphatic carbocycles. The lowest BCUT2D eigenvalue weighted by atomic mass is 9.86. The van der Waals surface area contributed by atoms with E-state index in [1.165, 1.54) is 7.11 Å². The van der Waals surface area contributed by atoms with Crippen LogP contribution in [0.25, 0.3) is 16.9 Å². The van der Waals surface area contributed by atoms with Gasteiger partial charge in [-0.05, 0) is 59.9 Å². The van der Waals surface area contributed by atoms with Gasteiger partial charge < -0.3 is 14.8 Å². The maximum Gasteiger partial charge on any atom is 0.255 e. The number of aromatic nitrogens is 4. The number of ether oxygens (including phenoxy) is 2. The number of carbonyl (C=O) groups is 1. The molecule has 244 valence electrons. The Bertz CT molecular complexity index is 1810. The second-order valence-electron chi connectivity index (χ2n) is 12.5. The number of hydrogen-bond donors (Lipinski definition) is 2. The van der Waals surface area contributed by atoms with Gasteiger partial charge in [0.15, 0.2) is 5.75 Å². The number of rotatable bonds is 10. The number of nitrogens with zero attached hydrogens (tertiary/aromatic N) is 5. The first-order valence-electron chi connectivity index (χ1n) is 15.1. The molecule has 0 radical (unpaired) electrons. The Labute approximate surface area is 270 Å². The second-order valence-corrected chi connectivity index (χ2v) is 14.2. The lowest BCUT2D eigenvalue weighted by Gasteiger charge is -2.26. The standard InChI is InChI=1S/C33H41N7O5S/c1-22-7-8-23(32(41)35-27-18-25(33(2,3)4)19-28(31(27)44-5)37-46(6,42)43)17-30(22)40-21-29(36-38-40)24-9-10-26(34-20-24)11-12-39-13-15-45-16-14-39/h7-10,17-21,37H,11-16H2,1-6H3,(H,35,41). The van der Waals surface area contributed by atoms with Crippen LogP contribution in [0.3, 0.4) is 0 Å². The highest BCUT2D eigenvalue weighted by Crippen LogP contribution is 2.39. The van der Waals surface area contributed by atoms with Crippen LogP contribution in [0.1, 0.15) is 48.0 Å². The summed E-state index contributed by atoms with van der Waals surface area (Å²) in [6.07, 6.45) is 5.55. The van der Waals surface area contributed by atoms with Gasteiger partial charge in [0.05, 0.1) is 49.8 Å². The van der Waals surface area contributed by atoms with Crippen molar-refractivity contribution in [2.45, 2.75) is 39.5 Å². The third-order valence-electron chi connectivity index (χ3n) is 7.82. The van der Waals surface area contributed by atoms with E-state index in [9.17, 15) is 13.2 Å². The number of aryl methyl sites for hydroxylation is 1. The van der Waals surface area contributed by atoms with E-state index in [4.69, 9.17) is 9.47 Å². The van der Waals surface area contributed by atoms with E-state index in [-0.39, 0.29) is 16.9 Å². The van der Waals surface area contributed by atoms with Crippen LogP contribution in [0.4, 0.5) is 11.4 Å². The third-order valence-corrected chi connectivity index (χ3v) is 8.41. The molecular weight excluding hydrogens is 606 g/mol. The van der Waals surface area contributed by atoms with Gasteiger partial charge in [-0.1, -0.05) is 32.1 Å². The Morgan fingerprint density at radius 3 is 2.46 bits per heavy atom. The summed E-state index contributed by atoms with van der Waals surface area (Å²) >= 11 is 0. The van der Waals surface area contributed by atoms with Crippen LogP contribution < -0.4 is 14.8 Å². The van der Waals surface area contributed by atoms with Crippen LogP contribution in [0, 0.1) is 6.92 Å². The van der Waals surface area contributed by atoms with Gasteiger partial charge in [0.2, 0.25) is 10.0 Å². The monoisotopic (exact) mass is 647 g/mol. The highest BCUT2D eigenvalue weighted by atomic mass is 32.2. The number of sulfonamides is 1. The van der Waals surface area contributed by atoms with Gasteiger partial charge in [0, 0.05) is 49.1 Å². The van der Waals surface area contributed by atoms with Gasteiger partial charge in [-0.2, -0.15) is 0 Å². The average molecular weight is 648 g/mol. The Balaban J connectivity index is 1.36. The fourth-order valence-electron chi connectivity index (χ4n) is 5.18. The van der Waals surface area contributed by atoms with Crippen LogP contribution in [-0.4, -0.2) is 85.4 Å². The first-order chi connectivity index (χ1) is 21.8. The SMILES string of the molecule is COc1c(NC(=O)c2ccc(C)c(-n3cc(-c4ccc(CCN5CCOCC5)nc4)nn3)c2)cc(C(C)(C)C)cc1NS(C)(=O)=O. The first-order valence-corrected chi connectivity index (χ1v) is 17.0. The van der Waals surface area contributed by atoms with Crippen molar-refractivity contribution >= 4 is 27.3 Å². The molecule has 12 nitrogen and oxygen atoms in total. The van der Waals surface area contributed by atoms with E-state index in [2.05, 4.69) is 30.2 Å². The maximum absolute atomic E-state index is 13.6. The topological polar surface area (TPSA) is 141 Å². The van der Waals surface area contributed by atoms with Gasteiger partial charge in [-0.25, -0.2) is 13.1 Å². The predicted octanol–water partition coefficient (Wildman–Crippen LogP) is 4.44. The third kappa shape index (κ3) is 8.08. The lowest BCUT2D eigenvalue weighted by molar-refractivity contribution is 0.0383. The molecule has 46 heavy (non-hydrogen) atoms. The number of carbonyl (C=O) groups excluding carboxylic acids is 1. The van der Waals surface area contributed by atoms with E-state index in [0.29, 0.717) is 22.6 Å². The Hall–Kier alpha value is -4.33. The number of amides is 1. The van der Waals surface area contributed by atoms with Crippen molar-refractivity contribution in [2.24, 2.45) is 0 Å². The highest BCUT2D eigenvalue weighted by Gasteiger charge is 2.23. The molecule has 0 saturated carbocycles. The van der Waals surface area contributed by atoms with E-state index >= 15 is 0 Å². The number of morpholine rings is 1. The Kier molecular flexibility index (Phi) is 9.75. The van der Waals surface area contributed by atoms with Crippen molar-refractivity contribution in [3.63, 3.8) is 0 Å². The van der Waals surface area contributed by atoms with Gasteiger partial charge >= 0.3 is 0 Å². The van der Waals surface area contributed by atoms with Crippen LogP contribution in [0.15, 0.2) is 54.9 Å². The molecule has 0 bridgehead atoms. The lowest BCUT2D eigenvalue weighted by Crippen LogP contribution is -2.37. The molecule has 1 aliphatic rings. The summed E-state index contributed by atoms with van der Waals surface area (Å²) in [6, 6.07) is 12.8. The summed E-state index contributed by atoms with van der Waals surface area (Å²) in [7, 11) is -2.18. The van der Waals surface area contributed by atoms with Crippen molar-refractivity contribution in [1.82, 2.24) is 24.9 Å². The van der Waals surface area contributed by atoms with E-state index < -0.39 is 15.9 Å². The van der Waals surface area contributed by atoms with Crippen molar-refractivity contribution < 1.29 is 22.7 Å². The van der Waals surface area contributed by atoms with E-state index in [1.807, 2.05) is 58.3 Å². The summed E-state index contributed by atoms with van der Waals surface area (Å²) < 4.78 is 39.3. The van der Waals surface area contributed by atoms with Gasteiger partial charge in [-0.3, -0.25) is 19.4 Å². The molecule has 1 fully saturated rings. The minimum atomic E-state index is -3.61. The van der Waals surface area contributed by atoms with E-state index in [0.717, 1.165) is 67.9 Å². The molecule has 1 aliphatic heterocycles. The Morgan fingerprint density at radius 1 is 1.07 bits per heavy atom. The zero-order valence-corrected chi connectivity index (χ0v) is 27.9. The minimum absolute atomic E-state index is 0.209. The van der Waals surface area contributed by atoms with Crippen molar-refractivity contribution in [2.75, 3.05) is 56.3 Å². The minimum Gasteiger partial charge on any atom is -0.492 e. The number of nitrogens with one attached hydrogen (secondary N) is 2. The molecule has 2 N–H and O–H groups in total. The average Bonchev–Trinajstić information content (AvgIpc) is 3.50. The van der Waals surface area contributed by atoms with E-state index in [1.54, 1.807) is 28.9 Å². The number of benzene rings is 2. The largest absolute Gasteiger partial charge is 0.492 e. The molecular formula is C33H41N7O5S. The quantitative estimate of drug-likeness (QED) is 0.256. The molecule has 2 aromatic carbocycles. The number of pyridine rings is 1. The van der Waals surface area contributed by atoms with Crippen molar-refractivity contribution in [3.8, 4) is 22.7 Å². The molecule has 0 atom stereocenters. The summed E-state index contributed by atoms with van der Waals surface area (Å²) in [5, 5.41) is 11.6. The smallest absolute Gasteiger partial charge is 0.255 e. The maximum atomic E-state index is 13.6. The molecule has 13 heteroatoms. The normalized spacial score (nSPS) is 14.2. The van der Waals surface area contributed by atoms with Crippen LogP contribution in [0.2, 0.25) is 0 Å². The summed E-state index contributed by atoms with van der Waals surface area (Å²) in [4.78, 5) is 20.6. The van der Waals surface area contributed by atoms with Crippen LogP contribution in [0.5, 0.6) is 5.75 Å². The second kappa shape index (κ2) is 13.6. The van der Waals surface area contributed by atoms with Crippen LogP contribution >= 0.6 is 0 Å². The molecule has 2 aromatic heterocycles. The fourth-order valence-corrected chi connectivity index (χ4v) is 5.73. The number of hydrogen-bond acceptors (Lipinski definition) is 9. The molecule has 4 aromatic rings. The zero-order valence-electron chi connectivity index (χ0n) is 27.1. The predicted molar refractivity (Wildman–Crippen MR) is 178 cm³/mol. The summed E-state index contributed by atoms with van der Waals surface area (Å²) in [5.74, 6) is -0.186. The van der Waals surface area contributed by atoms with Gasteiger partial charge in [0.25, 0.3) is 5.91 Å².